The molecule has 0 bridgehead atoms. The third-order valence-electron chi connectivity index (χ3n) is 23.8. The average molecular weight is 1880 g/mol. The van der Waals surface area contributed by atoms with E-state index in [0.717, 1.165) is 13.8 Å². The van der Waals surface area contributed by atoms with Crippen molar-refractivity contribution in [2.24, 2.45) is 0 Å². The summed E-state index contributed by atoms with van der Waals surface area (Å²) in [5.41, 5.74) is 0. The van der Waals surface area contributed by atoms with Gasteiger partial charge in [-0.15, -0.1) is 0 Å². The number of aliphatic hydroxyl groups is 33. The van der Waals surface area contributed by atoms with Gasteiger partial charge in [0.2, 0.25) is 11.8 Å². The first-order chi connectivity index (χ1) is 60.7. The number of rotatable bonds is 33. The first kappa shape index (κ1) is 105. The molecule has 0 aliphatic carbocycles. The molecule has 0 spiro atoms. The zero-order valence-corrected chi connectivity index (χ0v) is 67.7. The van der Waals surface area contributed by atoms with Gasteiger partial charge in [0.1, 0.15) is 268 Å². The van der Waals surface area contributed by atoms with E-state index in [1.807, 2.05) is 0 Å². The van der Waals surface area contributed by atoms with E-state index in [9.17, 15) is 178 Å². The molecule has 744 valence electrons. The minimum atomic E-state index is -2.70. The van der Waals surface area contributed by atoms with Gasteiger partial charge in [0.15, 0.2) is 69.2 Å². The van der Waals surface area contributed by atoms with Crippen LogP contribution in [0.15, 0.2) is 0 Å². The van der Waals surface area contributed by atoms with Crippen molar-refractivity contribution in [2.75, 3.05) is 72.7 Å². The van der Waals surface area contributed by atoms with E-state index in [0.29, 0.717) is 0 Å². The molecule has 128 heavy (non-hydrogen) atoms. The van der Waals surface area contributed by atoms with Crippen molar-refractivity contribution in [3.8, 4) is 0 Å². The predicted molar refractivity (Wildman–Crippen MR) is 386 cm³/mol. The van der Waals surface area contributed by atoms with E-state index in [-0.39, 0.29) is 0 Å². The van der Waals surface area contributed by atoms with Gasteiger partial charge in [-0.1, -0.05) is 0 Å². The van der Waals surface area contributed by atoms with Crippen LogP contribution >= 0.6 is 0 Å². The van der Waals surface area contributed by atoms with Gasteiger partial charge in [-0.3, -0.25) is 9.59 Å². The van der Waals surface area contributed by atoms with Crippen LogP contribution in [-0.4, -0.2) is 591 Å². The van der Waals surface area contributed by atoms with Crippen LogP contribution in [-0.2, 0) is 109 Å². The smallest absolute Gasteiger partial charge is 0.217 e. The highest BCUT2D eigenvalue weighted by atomic mass is 16.8. The maximum absolute atomic E-state index is 13.1. The number of carbonyl (C=O) groups excluding carboxylic acids is 2. The van der Waals surface area contributed by atoms with E-state index >= 15 is 0 Å². The molecule has 0 saturated carbocycles. The van der Waals surface area contributed by atoms with E-state index in [1.165, 1.54) is 0 Å². The molecule has 35 N–H and O–H groups in total. The molecule has 11 aliphatic rings. The van der Waals surface area contributed by atoms with Crippen molar-refractivity contribution < 1.29 is 278 Å². The van der Waals surface area contributed by atoms with Crippen molar-refractivity contribution in [1.29, 1.82) is 0 Å². The second kappa shape index (κ2) is 45.8. The number of ether oxygens (including phenoxy) is 21. The molecule has 11 rings (SSSR count). The summed E-state index contributed by atoms with van der Waals surface area (Å²) in [4.78, 5) is 25.3. The van der Waals surface area contributed by atoms with E-state index in [2.05, 4.69) is 10.6 Å². The lowest BCUT2D eigenvalue weighted by Gasteiger charge is -2.51. The zero-order chi connectivity index (χ0) is 94.0. The molecule has 11 aliphatic heterocycles. The largest absolute Gasteiger partial charge is 0.394 e. The molecule has 0 aromatic heterocycles. The molecule has 0 unspecified atom stereocenters. The lowest BCUT2D eigenvalue weighted by Crippen LogP contribution is -2.70. The van der Waals surface area contributed by atoms with E-state index in [4.69, 9.17) is 99.5 Å². The Kier molecular flexibility index (Phi) is 37.7. The summed E-state index contributed by atoms with van der Waals surface area (Å²) in [6, 6.07) is -3.70. The molecule has 2 amide bonds. The van der Waals surface area contributed by atoms with Crippen molar-refractivity contribution in [3.05, 3.63) is 0 Å². The lowest BCUT2D eigenvalue weighted by atomic mass is 9.94. The first-order valence-electron chi connectivity index (χ1n) is 40.7. The maximum atomic E-state index is 13.1. The highest BCUT2D eigenvalue weighted by Gasteiger charge is 2.63. The Hall–Kier alpha value is -3.22. The molecule has 55 atom stereocenters. The van der Waals surface area contributed by atoms with Crippen LogP contribution in [0.25, 0.3) is 0 Å². The van der Waals surface area contributed by atoms with Crippen molar-refractivity contribution in [3.63, 3.8) is 0 Å². The second-order valence-electron chi connectivity index (χ2n) is 32.3. The Morgan fingerprint density at radius 3 is 0.781 bits per heavy atom. The van der Waals surface area contributed by atoms with Crippen LogP contribution in [0, 0.1) is 0 Å². The molecule has 58 nitrogen and oxygen atoms in total. The lowest BCUT2D eigenvalue weighted by molar-refractivity contribution is -0.411. The fraction of sp³-hybridized carbons (Fsp3) is 0.971. The van der Waals surface area contributed by atoms with Crippen LogP contribution in [0.1, 0.15) is 13.8 Å². The quantitative estimate of drug-likeness (QED) is 0.0290. The Labute approximate surface area is 722 Å². The van der Waals surface area contributed by atoms with Gasteiger partial charge in [0.25, 0.3) is 0 Å². The highest BCUT2D eigenvalue weighted by Crippen LogP contribution is 2.42. The number of nitrogens with one attached hydrogen (secondary N) is 2. The van der Waals surface area contributed by atoms with Gasteiger partial charge in [-0.05, 0) is 0 Å². The first-order valence-corrected chi connectivity index (χ1v) is 40.7. The zero-order valence-electron chi connectivity index (χ0n) is 67.7. The predicted octanol–water partition coefficient (Wildman–Crippen LogP) is -24.7. The summed E-state index contributed by atoms with van der Waals surface area (Å²) in [6.07, 6.45) is -117. The fourth-order valence-electron chi connectivity index (χ4n) is 16.5. The van der Waals surface area contributed by atoms with Gasteiger partial charge >= 0.3 is 0 Å². The average Bonchev–Trinajstić information content (AvgIpc) is 0.767. The summed E-state index contributed by atoms with van der Waals surface area (Å²) in [6.45, 7) is -10.8. The Balaban J connectivity index is 0.942. The van der Waals surface area contributed by atoms with Gasteiger partial charge in [0, 0.05) is 13.8 Å². The minimum absolute atomic E-state index is 0.823. The minimum Gasteiger partial charge on any atom is -0.394 e. The molecule has 0 radical (unpaired) electrons. The van der Waals surface area contributed by atoms with Gasteiger partial charge in [-0.2, -0.15) is 0 Å². The van der Waals surface area contributed by atoms with E-state index < -0.39 is 422 Å². The molecule has 11 heterocycles. The van der Waals surface area contributed by atoms with Crippen LogP contribution < -0.4 is 10.6 Å². The number of amides is 2. The number of hydrogen-bond donors (Lipinski definition) is 35. The molecule has 0 aromatic rings. The van der Waals surface area contributed by atoms with Crippen molar-refractivity contribution in [2.45, 2.75) is 351 Å². The summed E-state index contributed by atoms with van der Waals surface area (Å²) < 4.78 is 123. The Bertz CT molecular complexity index is 3380. The maximum Gasteiger partial charge on any atom is 0.217 e. The standard InChI is InChI=1S/C70H118N2O56/c1-14(82)71-27-38(93)52(23(10-80)110-60(27)107)121-61-28(72-15(2)83)39(94)53(24(11-81)118-61)122-67-51(106)56(125-69-59(45(100)34(89)20(7-77)116-69)128-70-58(44(99)33(88)21(8-78)117-70)127-66-50(105)54(35(90)22(9-79)114-66)123-64-47(102)41(96)30(85)17(4-74)112-64)37(92)26(120-67)13-109-63-49(104)55(36(91)25(119-63)12-108-62-46(101)40(95)29(84)16(3-73)111-62)124-68-57(43(98)32(87)19(6-76)115-68)126-65-48(103)42(97)31(86)18(5-75)113-65/h16-70,73-81,84-107H,3-13H2,1-2H3,(H,71,82)(H,72,83)/t16-,17-,18-,19-,20-,21-,22-,23-,24-,25-,26-,27-,28-,29-,30-,31-,32-,33-,34-,35-,36-,37-,38-,39-,40+,41+,42+,43-,44+,45+,46+,47-,48+,49+,50+,51+,52-,53-,54+,55+,56+,57+,58+,59+,60-,61+,62+,63+,64-,65-,66-,67+,68-,69-,70-/m1/s1. The molecular formula is C70H118N2O56. The van der Waals surface area contributed by atoms with Crippen molar-refractivity contribution >= 4 is 11.8 Å². The van der Waals surface area contributed by atoms with Crippen LogP contribution in [0.5, 0.6) is 0 Å². The summed E-state index contributed by atoms with van der Waals surface area (Å²) >= 11 is 0. The van der Waals surface area contributed by atoms with Crippen LogP contribution in [0.3, 0.4) is 0 Å². The molecule has 11 saturated heterocycles. The Morgan fingerprint density at radius 2 is 0.422 bits per heavy atom. The van der Waals surface area contributed by atoms with Gasteiger partial charge < -0.3 is 279 Å². The highest BCUT2D eigenvalue weighted by molar-refractivity contribution is 5.73. The fourth-order valence-corrected chi connectivity index (χ4v) is 16.5. The van der Waals surface area contributed by atoms with Gasteiger partial charge in [0.05, 0.1) is 72.7 Å². The Morgan fingerprint density at radius 1 is 0.203 bits per heavy atom. The summed E-state index contributed by atoms with van der Waals surface area (Å²) in [5, 5.41) is 372. The third-order valence-corrected chi connectivity index (χ3v) is 23.8. The number of hydrogen-bond acceptors (Lipinski definition) is 56. The molecule has 11 fully saturated rings. The third kappa shape index (κ3) is 22.5. The van der Waals surface area contributed by atoms with Crippen LogP contribution in [0.4, 0.5) is 0 Å². The summed E-state index contributed by atoms with van der Waals surface area (Å²) in [7, 11) is 0. The molecule has 0 aromatic carbocycles. The van der Waals surface area contributed by atoms with E-state index in [1.54, 1.807) is 0 Å². The van der Waals surface area contributed by atoms with Gasteiger partial charge in [-0.25, -0.2) is 0 Å². The number of aliphatic hydroxyl groups excluding tert-OH is 33. The number of carbonyl (C=O) groups is 2. The summed E-state index contributed by atoms with van der Waals surface area (Å²) in [5.74, 6) is -1.82. The van der Waals surface area contributed by atoms with Crippen LogP contribution in [0.2, 0.25) is 0 Å². The second-order valence-corrected chi connectivity index (χ2v) is 32.3. The topological polar surface area (TPSA) is 920 Å². The molecule has 58 heteroatoms. The van der Waals surface area contributed by atoms with Crippen molar-refractivity contribution in [1.82, 2.24) is 10.6 Å². The molecular weight excluding hydrogens is 1760 g/mol. The SMILES string of the molecule is CC(=O)N[C@@H]1[C@@H](O)[C@H](O[C@@H]2O[C@H](CO)[C@@H](O[C@@H]3O[C@H](CO[C@H]4O[C@H](CO[C@H]5O[C@H](CO)[C@@H](O)[C@H](O)[C@@H]5O)[C@@H](O)[C@H](O[C@H]5O[C@H](CO)[C@@H](O)[C@@H](O)[C@@H]5O[C@H]5O[C@H](CO)[C@@H](O)[C@H](O)[C@@H]5O)[C@@H]4O)[C@@H](O)[C@H](O[C@H]4O[C@H](CO)[C@@H](O)[C@H](O)[C@@H]4O[C@H]4O[C@H](CO)[C@@H](O)[C@H](O)[C@@H]4O[C@H]4O[C@H](CO)[C@@H](O)[C@H](O[C@H]5O[C@H](CO)[C@@H](O)[C@H](O)[C@H]5O)[C@@H]4O)[C@@H]3O)[C@H](O)[C@H]2NC(C)=O)[C@@H](CO)O[C@H]1O. The monoisotopic (exact) mass is 1880 g/mol. The normalized spacial score (nSPS) is 51.7.